The molecule has 2 heterocycles. The Balaban J connectivity index is 0.000000416. The summed E-state index contributed by atoms with van der Waals surface area (Å²) >= 11 is 1.84. The average molecular weight is 621 g/mol. The van der Waals surface area contributed by atoms with Crippen LogP contribution in [0.4, 0.5) is 0 Å². The summed E-state index contributed by atoms with van der Waals surface area (Å²) in [6.07, 6.45) is 0.215. The van der Waals surface area contributed by atoms with Gasteiger partial charge in [0.1, 0.15) is 12.2 Å². The zero-order valence-electron chi connectivity index (χ0n) is 28.0. The molecule has 0 saturated carbocycles. The molecule has 2 nitrogen and oxygen atoms in total. The first-order valence-corrected chi connectivity index (χ1v) is 16.0. The van der Waals surface area contributed by atoms with Gasteiger partial charge in [-0.3, -0.25) is 0 Å². The Bertz CT molecular complexity index is 1370. The normalized spacial score (nSPS) is 16.7. The van der Waals surface area contributed by atoms with Crippen molar-refractivity contribution >= 4 is 32.9 Å². The Morgan fingerprint density at radius 2 is 0.705 bits per heavy atom. The van der Waals surface area contributed by atoms with E-state index in [9.17, 15) is 0 Å². The van der Waals surface area contributed by atoms with Crippen LogP contribution in [0.3, 0.4) is 0 Å². The van der Waals surface area contributed by atoms with E-state index in [0.29, 0.717) is 0 Å². The van der Waals surface area contributed by atoms with Crippen LogP contribution in [-0.2, 0) is 21.7 Å². The van der Waals surface area contributed by atoms with Crippen molar-refractivity contribution in [2.75, 3.05) is 0 Å². The second kappa shape index (κ2) is 13.5. The number of hydrogen-bond acceptors (Lipinski definition) is 3. The minimum absolute atomic E-state index is 0. The van der Waals surface area contributed by atoms with Crippen molar-refractivity contribution in [2.45, 2.75) is 153 Å². The van der Waals surface area contributed by atoms with Crippen LogP contribution in [-0.4, -0.2) is 12.2 Å². The molecule has 0 spiro atoms. The SMILES string of the molecule is C.C.C.CC(C)(C)c1c2ccccc2c(C(C)(C)C)c2ccccc12.CC1Oc2c(C(C)(C)C)sc(C(C)(C)C)c2OC1C. The molecule has 0 aliphatic carbocycles. The van der Waals surface area contributed by atoms with E-state index in [0.717, 1.165) is 11.5 Å². The molecule has 1 aliphatic heterocycles. The summed E-state index contributed by atoms with van der Waals surface area (Å²) in [5.41, 5.74) is 3.34. The first-order valence-electron chi connectivity index (χ1n) is 15.2. The third-order valence-corrected chi connectivity index (χ3v) is 9.89. The van der Waals surface area contributed by atoms with Gasteiger partial charge in [-0.15, -0.1) is 11.3 Å². The molecule has 1 aromatic heterocycles. The van der Waals surface area contributed by atoms with E-state index in [1.54, 1.807) is 0 Å². The standard InChI is InChI=1S/C22H26.C16H26O2S.3CH4/c1-21(2,3)19-15-11-7-9-13-17(15)20(22(4,5)6)18-14-10-8-12-16(18)19;1-9-10(2)18-12-11(17-9)13(15(3,4)5)19-14(12)16(6,7)8;;;/h7-14H,1-6H3;9-10H,1-8H3;3*1H4. The lowest BCUT2D eigenvalue weighted by Gasteiger charge is -2.31. The molecule has 3 aromatic carbocycles. The summed E-state index contributed by atoms with van der Waals surface area (Å²) in [5.74, 6) is 1.96. The second-order valence-electron chi connectivity index (χ2n) is 15.9. The van der Waals surface area contributed by atoms with Gasteiger partial charge in [0.15, 0.2) is 11.5 Å². The van der Waals surface area contributed by atoms with Gasteiger partial charge in [-0.05, 0) is 57.3 Å². The topological polar surface area (TPSA) is 18.5 Å². The molecule has 0 radical (unpaired) electrons. The zero-order valence-corrected chi connectivity index (χ0v) is 28.8. The van der Waals surface area contributed by atoms with Crippen LogP contribution in [0, 0.1) is 0 Å². The molecule has 0 fully saturated rings. The van der Waals surface area contributed by atoms with E-state index in [4.69, 9.17) is 9.47 Å². The van der Waals surface area contributed by atoms with Gasteiger partial charge in [0.25, 0.3) is 0 Å². The maximum absolute atomic E-state index is 6.16. The van der Waals surface area contributed by atoms with Gasteiger partial charge in [0, 0.05) is 10.8 Å². The summed E-state index contributed by atoms with van der Waals surface area (Å²) in [6.45, 7) is 31.5. The molecule has 0 saturated heterocycles. The summed E-state index contributed by atoms with van der Waals surface area (Å²) < 4.78 is 12.3. The molecule has 246 valence electrons. The second-order valence-corrected chi connectivity index (χ2v) is 16.9. The van der Waals surface area contributed by atoms with Gasteiger partial charge < -0.3 is 9.47 Å². The van der Waals surface area contributed by atoms with Gasteiger partial charge >= 0.3 is 0 Å². The average Bonchev–Trinajstić information content (AvgIpc) is 3.20. The minimum atomic E-state index is 0. The molecule has 3 heteroatoms. The molecule has 44 heavy (non-hydrogen) atoms. The fraction of sp³-hybridized carbons (Fsp3) is 0.561. The fourth-order valence-corrected chi connectivity index (χ4v) is 7.19. The summed E-state index contributed by atoms with van der Waals surface area (Å²) in [5, 5.41) is 5.61. The van der Waals surface area contributed by atoms with E-state index in [-0.39, 0.29) is 56.1 Å². The van der Waals surface area contributed by atoms with Gasteiger partial charge in [-0.2, -0.15) is 0 Å². The predicted octanol–water partition coefficient (Wildman–Crippen LogP) is 13.4. The molecule has 2 atom stereocenters. The van der Waals surface area contributed by atoms with Crippen molar-refractivity contribution < 1.29 is 9.47 Å². The maximum atomic E-state index is 6.16. The molecule has 5 rings (SSSR count). The van der Waals surface area contributed by atoms with E-state index in [1.165, 1.54) is 42.4 Å². The Kier molecular flexibility index (Phi) is 12.1. The van der Waals surface area contributed by atoms with Crippen LogP contribution < -0.4 is 9.47 Å². The fourth-order valence-electron chi connectivity index (χ4n) is 5.91. The third-order valence-electron chi connectivity index (χ3n) is 7.89. The van der Waals surface area contributed by atoms with Gasteiger partial charge in [0.05, 0.1) is 9.75 Å². The first kappa shape index (κ1) is 39.5. The minimum Gasteiger partial charge on any atom is -0.482 e. The summed E-state index contributed by atoms with van der Waals surface area (Å²) in [6, 6.07) is 17.8. The first-order chi connectivity index (χ1) is 18.7. The maximum Gasteiger partial charge on any atom is 0.176 e. The van der Waals surface area contributed by atoms with Crippen LogP contribution >= 0.6 is 11.3 Å². The van der Waals surface area contributed by atoms with Crippen molar-refractivity contribution in [3.63, 3.8) is 0 Å². The van der Waals surface area contributed by atoms with E-state index < -0.39 is 0 Å². The van der Waals surface area contributed by atoms with Crippen molar-refractivity contribution in [1.29, 1.82) is 0 Å². The number of ether oxygens (including phenoxy) is 2. The predicted molar refractivity (Wildman–Crippen MR) is 201 cm³/mol. The smallest absolute Gasteiger partial charge is 0.176 e. The Labute approximate surface area is 275 Å². The summed E-state index contributed by atoms with van der Waals surface area (Å²) in [7, 11) is 0. The van der Waals surface area contributed by atoms with E-state index in [2.05, 4.69) is 145 Å². The van der Waals surface area contributed by atoms with Crippen molar-refractivity contribution in [3.8, 4) is 11.5 Å². The lowest BCUT2D eigenvalue weighted by Crippen LogP contribution is -2.35. The molecule has 2 unspecified atom stereocenters. The van der Waals surface area contributed by atoms with Crippen LogP contribution in [0.5, 0.6) is 11.5 Å². The Morgan fingerprint density at radius 3 is 0.909 bits per heavy atom. The number of fused-ring (bicyclic) bond motifs is 3. The summed E-state index contributed by atoms with van der Waals surface area (Å²) in [4.78, 5) is 2.59. The van der Waals surface area contributed by atoms with Gasteiger partial charge in [0.2, 0.25) is 0 Å². The molecule has 0 amide bonds. The van der Waals surface area contributed by atoms with E-state index >= 15 is 0 Å². The third kappa shape index (κ3) is 7.64. The molecule has 1 aliphatic rings. The van der Waals surface area contributed by atoms with Crippen LogP contribution in [0.25, 0.3) is 21.5 Å². The number of hydrogen-bond donors (Lipinski definition) is 0. The highest BCUT2D eigenvalue weighted by molar-refractivity contribution is 7.13. The van der Waals surface area contributed by atoms with Gasteiger partial charge in [-0.25, -0.2) is 0 Å². The number of benzene rings is 3. The lowest BCUT2D eigenvalue weighted by molar-refractivity contribution is 0.0411. The molecular weight excluding hydrogens is 557 g/mol. The zero-order chi connectivity index (χ0) is 30.7. The highest BCUT2D eigenvalue weighted by Crippen LogP contribution is 2.54. The molecule has 4 aromatic rings. The molecule has 0 bridgehead atoms. The van der Waals surface area contributed by atoms with Crippen LogP contribution in [0.15, 0.2) is 48.5 Å². The quantitative estimate of drug-likeness (QED) is 0.182. The highest BCUT2D eigenvalue weighted by Gasteiger charge is 2.38. The molecular formula is C41H64O2S. The monoisotopic (exact) mass is 620 g/mol. The van der Waals surface area contributed by atoms with Crippen LogP contribution in [0.2, 0.25) is 0 Å². The van der Waals surface area contributed by atoms with Crippen molar-refractivity contribution in [1.82, 2.24) is 0 Å². The Morgan fingerprint density at radius 1 is 0.455 bits per heavy atom. The van der Waals surface area contributed by atoms with Gasteiger partial charge in [-0.1, -0.05) is 154 Å². The van der Waals surface area contributed by atoms with Crippen LogP contribution in [0.1, 0.15) is 140 Å². The Hall–Kier alpha value is -2.52. The van der Waals surface area contributed by atoms with E-state index in [1.807, 2.05) is 11.3 Å². The number of rotatable bonds is 0. The lowest BCUT2D eigenvalue weighted by atomic mass is 9.74. The van der Waals surface area contributed by atoms with Crippen molar-refractivity contribution in [3.05, 3.63) is 69.4 Å². The number of thiophene rings is 1. The highest BCUT2D eigenvalue weighted by atomic mass is 32.1. The van der Waals surface area contributed by atoms with Crippen molar-refractivity contribution in [2.24, 2.45) is 0 Å². The largest absolute Gasteiger partial charge is 0.482 e. The molecule has 0 N–H and O–H groups in total.